The summed E-state index contributed by atoms with van der Waals surface area (Å²) in [4.78, 5) is 11.4. The molecule has 2 radical (unpaired) electrons. The van der Waals surface area contributed by atoms with Gasteiger partial charge in [-0.3, -0.25) is 4.79 Å². The molecule has 0 aliphatic rings. The van der Waals surface area contributed by atoms with Gasteiger partial charge < -0.3 is 4.74 Å². The number of rotatable bonds is 3. The topological polar surface area (TPSA) is 50.1 Å². The van der Waals surface area contributed by atoms with E-state index in [0.717, 1.165) is 0 Å². The van der Waals surface area contributed by atoms with Gasteiger partial charge >= 0.3 is 0 Å². The molecule has 3 nitrogen and oxygen atoms in total. The normalized spacial score (nSPS) is 9.43. The molecule has 1 aromatic rings. The van der Waals surface area contributed by atoms with Crippen LogP contribution in [0.25, 0.3) is 0 Å². The van der Waals surface area contributed by atoms with Gasteiger partial charge in [0.25, 0.3) is 0 Å². The second-order valence-corrected chi connectivity index (χ2v) is 2.77. The van der Waals surface area contributed by atoms with Gasteiger partial charge in [0.1, 0.15) is 14.5 Å². The molecule has 0 aromatic heterocycles. The maximum absolute atomic E-state index is 11.4. The first-order valence-electron chi connectivity index (χ1n) is 4.00. The molecule has 0 spiro atoms. The fourth-order valence-corrected chi connectivity index (χ4v) is 1.08. The molecule has 0 saturated heterocycles. The Kier molecular flexibility index (Phi) is 3.44. The highest BCUT2D eigenvalue weighted by atomic mass is 16.5. The molecule has 1 rings (SSSR count). The van der Waals surface area contributed by atoms with Gasteiger partial charge in [-0.2, -0.15) is 5.26 Å². The number of ketones is 1. The molecule has 0 N–H and O–H groups in total. The van der Waals surface area contributed by atoms with Gasteiger partial charge in [0.05, 0.1) is 11.6 Å². The van der Waals surface area contributed by atoms with E-state index in [0.29, 0.717) is 16.6 Å². The Morgan fingerprint density at radius 2 is 2.36 bits per heavy atom. The van der Waals surface area contributed by atoms with Crippen molar-refractivity contribution < 1.29 is 9.53 Å². The molecule has 14 heavy (non-hydrogen) atoms. The summed E-state index contributed by atoms with van der Waals surface area (Å²) in [5.41, 5.74) is 1.12. The van der Waals surface area contributed by atoms with E-state index in [1.807, 2.05) is 6.07 Å². The highest BCUT2D eigenvalue weighted by Gasteiger charge is 2.08. The average Bonchev–Trinajstić information content (AvgIpc) is 2.19. The third-order valence-corrected chi connectivity index (χ3v) is 1.76. The van der Waals surface area contributed by atoms with Crippen molar-refractivity contribution >= 4 is 19.1 Å². The molecule has 0 aliphatic carbocycles. The van der Waals surface area contributed by atoms with Gasteiger partial charge in [-0.25, -0.2) is 0 Å². The molecule has 4 heteroatoms. The third kappa shape index (κ3) is 2.21. The van der Waals surface area contributed by atoms with Gasteiger partial charge in [0.15, 0.2) is 5.78 Å². The van der Waals surface area contributed by atoms with E-state index in [2.05, 4.69) is 0 Å². The van der Waals surface area contributed by atoms with Crippen LogP contribution < -0.4 is 5.46 Å². The number of methoxy groups -OCH3 is 1. The molecular formula is C10H8BNO2. The van der Waals surface area contributed by atoms with Crippen LogP contribution in [-0.4, -0.2) is 27.3 Å². The molecular weight excluding hydrogens is 177 g/mol. The minimum atomic E-state index is -0.220. The molecule has 68 valence electrons. The zero-order chi connectivity index (χ0) is 10.6. The lowest BCUT2D eigenvalue weighted by molar-refractivity contribution is 0.0849. The molecule has 0 aliphatic heterocycles. The summed E-state index contributed by atoms with van der Waals surface area (Å²) in [6.07, 6.45) is 0. The summed E-state index contributed by atoms with van der Waals surface area (Å²) in [5.74, 6) is -0.220. The maximum Gasteiger partial charge on any atom is 0.187 e. The Morgan fingerprint density at radius 1 is 1.64 bits per heavy atom. The van der Waals surface area contributed by atoms with E-state index in [1.54, 1.807) is 12.1 Å². The number of carbonyl (C=O) groups excluding carboxylic acids is 1. The van der Waals surface area contributed by atoms with Gasteiger partial charge in [0, 0.05) is 12.7 Å². The van der Waals surface area contributed by atoms with Crippen LogP contribution in [-0.2, 0) is 4.74 Å². The van der Waals surface area contributed by atoms with E-state index >= 15 is 0 Å². The van der Waals surface area contributed by atoms with Gasteiger partial charge in [-0.15, -0.1) is 0 Å². The van der Waals surface area contributed by atoms with E-state index < -0.39 is 0 Å². The fourth-order valence-electron chi connectivity index (χ4n) is 1.08. The van der Waals surface area contributed by atoms with Crippen molar-refractivity contribution in [2.45, 2.75) is 0 Å². The average molecular weight is 185 g/mol. The summed E-state index contributed by atoms with van der Waals surface area (Å²) in [5, 5.41) is 8.63. The van der Waals surface area contributed by atoms with Crippen molar-refractivity contribution in [2.24, 2.45) is 0 Å². The summed E-state index contributed by atoms with van der Waals surface area (Å²) in [6.45, 7) is -0.0287. The predicted molar refractivity (Wildman–Crippen MR) is 52.8 cm³/mol. The van der Waals surface area contributed by atoms with Crippen LogP contribution in [0.15, 0.2) is 18.2 Å². The van der Waals surface area contributed by atoms with Gasteiger partial charge in [-0.1, -0.05) is 11.5 Å². The van der Waals surface area contributed by atoms with Crippen LogP contribution >= 0.6 is 0 Å². The SMILES string of the molecule is [B]c1ccc(C#N)cc1C(=O)COC. The van der Waals surface area contributed by atoms with E-state index in [1.165, 1.54) is 13.2 Å². The third-order valence-electron chi connectivity index (χ3n) is 1.76. The Hall–Kier alpha value is -1.60. The molecule has 0 saturated carbocycles. The van der Waals surface area contributed by atoms with Crippen LogP contribution in [0.4, 0.5) is 0 Å². The number of Topliss-reactive ketones (excluding diaryl/α,β-unsaturated/α-hetero) is 1. The summed E-state index contributed by atoms with van der Waals surface area (Å²) in [6, 6.07) is 6.52. The lowest BCUT2D eigenvalue weighted by atomic mass is 9.87. The van der Waals surface area contributed by atoms with Crippen molar-refractivity contribution in [3.8, 4) is 6.07 Å². The maximum atomic E-state index is 11.4. The Bertz CT molecular complexity index is 396. The van der Waals surface area contributed by atoms with Crippen molar-refractivity contribution in [2.75, 3.05) is 13.7 Å². The lowest BCUT2D eigenvalue weighted by Crippen LogP contribution is -2.19. The molecule has 0 unspecified atom stereocenters. The smallest absolute Gasteiger partial charge is 0.187 e. The number of nitrogens with zero attached hydrogens (tertiary/aromatic N) is 1. The van der Waals surface area contributed by atoms with Crippen LogP contribution in [0.2, 0.25) is 0 Å². The van der Waals surface area contributed by atoms with E-state index in [4.69, 9.17) is 17.8 Å². The summed E-state index contributed by atoms with van der Waals surface area (Å²) >= 11 is 0. The zero-order valence-corrected chi connectivity index (χ0v) is 7.78. The quantitative estimate of drug-likeness (QED) is 0.498. The van der Waals surface area contributed by atoms with Crippen LogP contribution in [0, 0.1) is 11.3 Å². The number of benzene rings is 1. The number of nitriles is 1. The first-order valence-corrected chi connectivity index (χ1v) is 4.00. The van der Waals surface area contributed by atoms with Crippen LogP contribution in [0.5, 0.6) is 0 Å². The van der Waals surface area contributed by atoms with E-state index in [9.17, 15) is 4.79 Å². The molecule has 0 atom stereocenters. The summed E-state index contributed by atoms with van der Waals surface area (Å²) < 4.78 is 4.70. The van der Waals surface area contributed by atoms with Crippen molar-refractivity contribution in [1.82, 2.24) is 0 Å². The van der Waals surface area contributed by atoms with E-state index in [-0.39, 0.29) is 12.4 Å². The second-order valence-electron chi connectivity index (χ2n) is 2.77. The minimum absolute atomic E-state index is 0.0287. The Balaban J connectivity index is 3.07. The highest BCUT2D eigenvalue weighted by Crippen LogP contribution is 2.02. The first kappa shape index (κ1) is 10.5. The Morgan fingerprint density at radius 3 is 2.93 bits per heavy atom. The zero-order valence-electron chi connectivity index (χ0n) is 7.78. The van der Waals surface area contributed by atoms with Crippen molar-refractivity contribution in [1.29, 1.82) is 5.26 Å². The van der Waals surface area contributed by atoms with Crippen LogP contribution in [0.3, 0.4) is 0 Å². The molecule has 0 fully saturated rings. The van der Waals surface area contributed by atoms with Crippen molar-refractivity contribution in [3.05, 3.63) is 29.3 Å². The molecule has 0 bridgehead atoms. The predicted octanol–water partition coefficient (Wildman–Crippen LogP) is 0.181. The number of ether oxygens (including phenoxy) is 1. The molecule has 0 amide bonds. The monoisotopic (exact) mass is 185 g/mol. The highest BCUT2D eigenvalue weighted by molar-refractivity contribution is 6.36. The lowest BCUT2D eigenvalue weighted by Gasteiger charge is -2.04. The Labute approximate surface area is 83.7 Å². The second kappa shape index (κ2) is 4.59. The molecule has 1 aromatic carbocycles. The number of hydrogen-bond acceptors (Lipinski definition) is 3. The largest absolute Gasteiger partial charge is 0.377 e. The molecule has 0 heterocycles. The summed E-state index contributed by atoms with van der Waals surface area (Å²) in [7, 11) is 7.02. The minimum Gasteiger partial charge on any atom is -0.377 e. The standard InChI is InChI=1S/C10H8BNO2/c1-14-6-10(13)8-4-7(5-12)2-3-9(8)11/h2-4H,6H2,1H3. The number of hydrogen-bond donors (Lipinski definition) is 0. The van der Waals surface area contributed by atoms with Crippen molar-refractivity contribution in [3.63, 3.8) is 0 Å². The number of carbonyl (C=O) groups is 1. The first-order chi connectivity index (χ1) is 6.69. The van der Waals surface area contributed by atoms with Crippen LogP contribution in [0.1, 0.15) is 15.9 Å². The van der Waals surface area contributed by atoms with Gasteiger partial charge in [-0.05, 0) is 12.1 Å². The van der Waals surface area contributed by atoms with Gasteiger partial charge in [0.2, 0.25) is 0 Å². The fraction of sp³-hybridized carbons (Fsp3) is 0.200.